The van der Waals surface area contributed by atoms with Crippen molar-refractivity contribution in [3.8, 4) is 28.7 Å². The van der Waals surface area contributed by atoms with Gasteiger partial charge in [0.15, 0.2) is 23.0 Å². The van der Waals surface area contributed by atoms with Gasteiger partial charge in [0.25, 0.3) is 0 Å². The number of nitrogens with one attached hydrogen (secondary N) is 1. The minimum atomic E-state index is -0.169. The molecule has 1 unspecified atom stereocenters. The maximum atomic E-state index is 12.3. The monoisotopic (exact) mass is 413 g/mol. The molecule has 0 aliphatic heterocycles. The fourth-order valence-corrected chi connectivity index (χ4v) is 3.57. The molecule has 0 radical (unpaired) electrons. The van der Waals surface area contributed by atoms with Crippen molar-refractivity contribution in [3.63, 3.8) is 0 Å². The number of rotatable bonds is 9. The number of amides is 1. The molecular weight excluding hydrogens is 386 g/mol. The van der Waals surface area contributed by atoms with Crippen molar-refractivity contribution >= 4 is 12.0 Å². The molecule has 7 nitrogen and oxygen atoms in total. The van der Waals surface area contributed by atoms with Crippen LogP contribution in [-0.2, 0) is 11.2 Å². The molecule has 0 fully saturated rings. The molecule has 0 heterocycles. The van der Waals surface area contributed by atoms with E-state index in [0.29, 0.717) is 29.5 Å². The van der Waals surface area contributed by atoms with Crippen LogP contribution in [0.1, 0.15) is 22.6 Å². The molecule has 0 saturated heterocycles. The van der Waals surface area contributed by atoms with Gasteiger partial charge in [0, 0.05) is 18.5 Å². The highest BCUT2D eigenvalue weighted by molar-refractivity contribution is 5.92. The zero-order chi connectivity index (χ0) is 21.7. The number of benzene rings is 2. The molecule has 1 aliphatic rings. The van der Waals surface area contributed by atoms with E-state index in [2.05, 4.69) is 5.32 Å². The van der Waals surface area contributed by atoms with Crippen LogP contribution in [0.4, 0.5) is 0 Å². The lowest BCUT2D eigenvalue weighted by Gasteiger charge is -2.31. The first-order valence-electron chi connectivity index (χ1n) is 9.55. The maximum absolute atomic E-state index is 12.3. The van der Waals surface area contributed by atoms with Gasteiger partial charge in [-0.3, -0.25) is 4.79 Å². The van der Waals surface area contributed by atoms with Gasteiger partial charge in [0.2, 0.25) is 11.7 Å². The van der Waals surface area contributed by atoms with E-state index in [1.165, 1.54) is 17.2 Å². The first kappa shape index (κ1) is 21.4. The van der Waals surface area contributed by atoms with Gasteiger partial charge in [-0.05, 0) is 53.5 Å². The van der Waals surface area contributed by atoms with Crippen LogP contribution in [0.3, 0.4) is 0 Å². The predicted molar refractivity (Wildman–Crippen MR) is 114 cm³/mol. The third kappa shape index (κ3) is 4.30. The molecule has 1 aliphatic carbocycles. The summed E-state index contributed by atoms with van der Waals surface area (Å²) in [6, 6.07) is 7.55. The molecule has 1 atom stereocenters. The van der Waals surface area contributed by atoms with Crippen molar-refractivity contribution in [3.05, 3.63) is 47.0 Å². The zero-order valence-corrected chi connectivity index (χ0v) is 17.9. The van der Waals surface area contributed by atoms with Gasteiger partial charge in [-0.1, -0.05) is 0 Å². The van der Waals surface area contributed by atoms with Crippen molar-refractivity contribution in [2.24, 2.45) is 0 Å². The predicted octanol–water partition coefficient (Wildman–Crippen LogP) is 3.20. The van der Waals surface area contributed by atoms with Gasteiger partial charge in [0.05, 0.1) is 35.5 Å². The summed E-state index contributed by atoms with van der Waals surface area (Å²) in [5, 5.41) is 2.96. The van der Waals surface area contributed by atoms with Crippen LogP contribution < -0.4 is 29.0 Å². The van der Waals surface area contributed by atoms with E-state index in [9.17, 15) is 4.79 Å². The molecule has 0 bridgehead atoms. The molecule has 1 amide bonds. The Morgan fingerprint density at radius 3 is 2.07 bits per heavy atom. The Bertz CT molecular complexity index is 928. The normalized spacial score (nSPS) is 14.5. The zero-order valence-electron chi connectivity index (χ0n) is 17.9. The Hall–Kier alpha value is -3.35. The summed E-state index contributed by atoms with van der Waals surface area (Å²) in [6.07, 6.45) is 4.10. The third-order valence-corrected chi connectivity index (χ3v) is 5.19. The molecule has 7 heteroatoms. The van der Waals surface area contributed by atoms with Crippen LogP contribution in [0.5, 0.6) is 28.7 Å². The average Bonchev–Trinajstić information content (AvgIpc) is 2.76. The topological polar surface area (TPSA) is 75.3 Å². The van der Waals surface area contributed by atoms with Crippen molar-refractivity contribution in [1.29, 1.82) is 0 Å². The van der Waals surface area contributed by atoms with Crippen molar-refractivity contribution in [1.82, 2.24) is 5.32 Å². The Morgan fingerprint density at radius 1 is 0.900 bits per heavy atom. The summed E-state index contributed by atoms with van der Waals surface area (Å²) < 4.78 is 26.7. The highest BCUT2D eigenvalue weighted by Gasteiger charge is 2.28. The first-order chi connectivity index (χ1) is 14.5. The number of ether oxygens (including phenoxy) is 5. The first-order valence-corrected chi connectivity index (χ1v) is 9.55. The molecular formula is C23H27NO6. The van der Waals surface area contributed by atoms with Crippen LogP contribution >= 0.6 is 0 Å². The minimum absolute atomic E-state index is 0.169. The standard InChI is InChI=1S/C23H27NO6/c1-26-18-11-15-10-16(17(15)12-19(18)27-2)13-24-22(25)7-6-14-8-20(28-3)23(30-5)21(9-14)29-4/h6-9,11-12,16H,10,13H2,1-5H3,(H,24,25)/b7-6-. The van der Waals surface area contributed by atoms with Crippen molar-refractivity contribution in [2.75, 3.05) is 42.1 Å². The highest BCUT2D eigenvalue weighted by Crippen LogP contribution is 2.42. The Morgan fingerprint density at radius 2 is 1.50 bits per heavy atom. The van der Waals surface area contributed by atoms with Crippen LogP contribution in [0, 0.1) is 0 Å². The lowest BCUT2D eigenvalue weighted by Crippen LogP contribution is -2.32. The highest BCUT2D eigenvalue weighted by atomic mass is 16.5. The van der Waals surface area contributed by atoms with E-state index in [0.717, 1.165) is 17.7 Å². The number of carbonyl (C=O) groups is 1. The molecule has 1 N–H and O–H groups in total. The van der Waals surface area contributed by atoms with Gasteiger partial charge < -0.3 is 29.0 Å². The Labute approximate surface area is 176 Å². The van der Waals surface area contributed by atoms with Gasteiger partial charge in [-0.25, -0.2) is 0 Å². The number of carbonyl (C=O) groups excluding carboxylic acids is 1. The van der Waals surface area contributed by atoms with E-state index in [-0.39, 0.29) is 11.8 Å². The molecule has 0 saturated carbocycles. The molecule has 2 aromatic carbocycles. The average molecular weight is 413 g/mol. The van der Waals surface area contributed by atoms with Gasteiger partial charge in [-0.15, -0.1) is 0 Å². The lowest BCUT2D eigenvalue weighted by atomic mass is 9.77. The van der Waals surface area contributed by atoms with E-state index >= 15 is 0 Å². The van der Waals surface area contributed by atoms with Crippen molar-refractivity contribution < 1.29 is 28.5 Å². The van der Waals surface area contributed by atoms with Crippen LogP contribution in [-0.4, -0.2) is 48.0 Å². The van der Waals surface area contributed by atoms with Gasteiger partial charge in [-0.2, -0.15) is 0 Å². The SMILES string of the molecule is COc1cc2c(cc1OC)C(CNC(=O)/C=C\c1cc(OC)c(OC)c(OC)c1)C2. The van der Waals surface area contributed by atoms with Crippen LogP contribution in [0.15, 0.2) is 30.3 Å². The molecule has 0 aromatic heterocycles. The summed E-state index contributed by atoms with van der Waals surface area (Å²) in [5.74, 6) is 3.11. The second kappa shape index (κ2) is 9.43. The van der Waals surface area contributed by atoms with Gasteiger partial charge >= 0.3 is 0 Å². The number of hydrogen-bond donors (Lipinski definition) is 1. The van der Waals surface area contributed by atoms with Crippen molar-refractivity contribution in [2.45, 2.75) is 12.3 Å². The fourth-order valence-electron chi connectivity index (χ4n) is 3.57. The number of fused-ring (bicyclic) bond motifs is 1. The van der Waals surface area contributed by atoms with E-state index in [4.69, 9.17) is 23.7 Å². The molecule has 2 aromatic rings. The van der Waals surface area contributed by atoms with Gasteiger partial charge in [0.1, 0.15) is 0 Å². The minimum Gasteiger partial charge on any atom is -0.493 e. The molecule has 30 heavy (non-hydrogen) atoms. The second-order valence-corrected chi connectivity index (χ2v) is 6.84. The lowest BCUT2D eigenvalue weighted by molar-refractivity contribution is -0.116. The molecule has 0 spiro atoms. The van der Waals surface area contributed by atoms with Crippen LogP contribution in [0.25, 0.3) is 6.08 Å². The van der Waals surface area contributed by atoms with E-state index in [1.54, 1.807) is 53.8 Å². The van der Waals surface area contributed by atoms with E-state index in [1.807, 2.05) is 12.1 Å². The third-order valence-electron chi connectivity index (χ3n) is 5.19. The smallest absolute Gasteiger partial charge is 0.244 e. The Kier molecular flexibility index (Phi) is 6.72. The molecule has 160 valence electrons. The summed E-state index contributed by atoms with van der Waals surface area (Å²) in [7, 11) is 7.90. The quantitative estimate of drug-likeness (QED) is 0.637. The summed E-state index contributed by atoms with van der Waals surface area (Å²) >= 11 is 0. The fraction of sp³-hybridized carbons (Fsp3) is 0.348. The summed E-state index contributed by atoms with van der Waals surface area (Å²) in [5.41, 5.74) is 3.17. The largest absolute Gasteiger partial charge is 0.493 e. The van der Waals surface area contributed by atoms with Crippen LogP contribution in [0.2, 0.25) is 0 Å². The summed E-state index contributed by atoms with van der Waals surface area (Å²) in [4.78, 5) is 12.3. The summed E-state index contributed by atoms with van der Waals surface area (Å²) in [6.45, 7) is 0.556. The number of hydrogen-bond acceptors (Lipinski definition) is 6. The molecule has 3 rings (SSSR count). The second-order valence-electron chi connectivity index (χ2n) is 6.84. The Balaban J connectivity index is 1.63. The van der Waals surface area contributed by atoms with E-state index < -0.39 is 0 Å². The maximum Gasteiger partial charge on any atom is 0.244 e. The number of methoxy groups -OCH3 is 5.